The summed E-state index contributed by atoms with van der Waals surface area (Å²) in [5.41, 5.74) is 4.34. The number of aliphatic hydroxyl groups is 1. The topological polar surface area (TPSA) is 120 Å². The maximum Gasteiger partial charge on any atom is 0.330 e. The molecular weight excluding hydrogens is 278 g/mol. The molecule has 1 saturated heterocycles. The molecule has 1 aromatic heterocycles. The number of aliphatic hydroxyl groups excluding tert-OH is 1. The highest BCUT2D eigenvalue weighted by atomic mass is 16.6. The predicted molar refractivity (Wildman–Crippen MR) is 74.9 cm³/mol. The van der Waals surface area contributed by atoms with Gasteiger partial charge in [0.05, 0.1) is 6.10 Å². The van der Waals surface area contributed by atoms with Crippen molar-refractivity contribution in [1.29, 1.82) is 0 Å². The van der Waals surface area contributed by atoms with Crippen LogP contribution in [0.5, 0.6) is 0 Å². The van der Waals surface area contributed by atoms with Gasteiger partial charge in [-0.15, -0.1) is 0 Å². The molecule has 0 spiro atoms. The normalized spacial score (nSPS) is 28.9. The Bertz CT molecular complexity index is 569. The Hall–Kier alpha value is -1.48. The van der Waals surface area contributed by atoms with E-state index < -0.39 is 35.8 Å². The summed E-state index contributed by atoms with van der Waals surface area (Å²) in [6, 6.07) is 1.23. The zero-order chi connectivity index (χ0) is 15.4. The monoisotopic (exact) mass is 299 g/mol. The van der Waals surface area contributed by atoms with Crippen LogP contribution in [0.3, 0.4) is 0 Å². The van der Waals surface area contributed by atoms with Gasteiger partial charge < -0.3 is 20.3 Å². The summed E-state index contributed by atoms with van der Waals surface area (Å²) in [5, 5.41) is 10.3. The van der Waals surface area contributed by atoms with Gasteiger partial charge in [0.2, 0.25) is 0 Å². The van der Waals surface area contributed by atoms with E-state index in [0.29, 0.717) is 26.0 Å². The third-order valence-corrected chi connectivity index (χ3v) is 3.50. The van der Waals surface area contributed by atoms with Gasteiger partial charge in [-0.2, -0.15) is 0 Å². The number of nitrogens with zero attached hydrogens (tertiary/aromatic N) is 1. The molecule has 0 bridgehead atoms. The molecule has 4 N–H and O–H groups in total. The van der Waals surface area contributed by atoms with Crippen LogP contribution < -0.4 is 17.0 Å². The average molecular weight is 299 g/mol. The second kappa shape index (κ2) is 6.99. The van der Waals surface area contributed by atoms with Gasteiger partial charge in [0.1, 0.15) is 12.2 Å². The standard InChI is InChI=1S/C13H21N3O5/c1-2-8-10(18)11(20-7-3-5-14)12(21-8)16-6-4-9(17)15-13(16)19/h4,6,8,10-12,18H,2-3,5,7,14H2,1H3,(H,15,17,19)/t8-,10+,11?,12-/m1/s1. The first-order valence-corrected chi connectivity index (χ1v) is 7.05. The van der Waals surface area contributed by atoms with Crippen LogP contribution in [-0.2, 0) is 9.47 Å². The van der Waals surface area contributed by atoms with Gasteiger partial charge in [0.25, 0.3) is 5.56 Å². The van der Waals surface area contributed by atoms with Crippen molar-refractivity contribution in [1.82, 2.24) is 9.55 Å². The molecule has 1 fully saturated rings. The lowest BCUT2D eigenvalue weighted by molar-refractivity contribution is -0.0708. The van der Waals surface area contributed by atoms with Crippen LogP contribution in [0.15, 0.2) is 21.9 Å². The van der Waals surface area contributed by atoms with E-state index in [-0.39, 0.29) is 0 Å². The molecule has 21 heavy (non-hydrogen) atoms. The molecule has 1 unspecified atom stereocenters. The molecule has 2 rings (SSSR count). The molecule has 0 amide bonds. The molecule has 1 aromatic rings. The molecule has 4 atom stereocenters. The summed E-state index contributed by atoms with van der Waals surface area (Å²) in [4.78, 5) is 25.2. The second-order valence-corrected chi connectivity index (χ2v) is 4.96. The summed E-state index contributed by atoms with van der Waals surface area (Å²) < 4.78 is 12.6. The van der Waals surface area contributed by atoms with E-state index in [1.165, 1.54) is 16.8 Å². The SMILES string of the molecule is CC[C@H]1O[C@@H](n2ccc(=O)[nH]c2=O)C(OCCCN)[C@H]1O. The number of rotatable bonds is 6. The van der Waals surface area contributed by atoms with Gasteiger partial charge in [0.15, 0.2) is 6.23 Å². The van der Waals surface area contributed by atoms with E-state index in [9.17, 15) is 14.7 Å². The number of aromatic nitrogens is 2. The fourth-order valence-electron chi connectivity index (χ4n) is 2.39. The average Bonchev–Trinajstić information content (AvgIpc) is 2.76. The van der Waals surface area contributed by atoms with Crippen LogP contribution in [0.25, 0.3) is 0 Å². The highest BCUT2D eigenvalue weighted by molar-refractivity contribution is 4.93. The number of nitrogens with one attached hydrogen (secondary N) is 1. The van der Waals surface area contributed by atoms with E-state index in [0.717, 1.165) is 0 Å². The zero-order valence-corrected chi connectivity index (χ0v) is 11.9. The largest absolute Gasteiger partial charge is 0.388 e. The van der Waals surface area contributed by atoms with Gasteiger partial charge >= 0.3 is 5.69 Å². The van der Waals surface area contributed by atoms with Crippen molar-refractivity contribution in [2.75, 3.05) is 13.2 Å². The van der Waals surface area contributed by atoms with Crippen molar-refractivity contribution in [2.45, 2.75) is 44.3 Å². The van der Waals surface area contributed by atoms with E-state index >= 15 is 0 Å². The molecular formula is C13H21N3O5. The number of ether oxygens (including phenoxy) is 2. The van der Waals surface area contributed by atoms with Crippen LogP contribution in [-0.4, -0.2) is 46.1 Å². The Morgan fingerprint density at radius 3 is 2.90 bits per heavy atom. The minimum atomic E-state index is -0.836. The molecule has 0 radical (unpaired) electrons. The van der Waals surface area contributed by atoms with Crippen molar-refractivity contribution in [3.63, 3.8) is 0 Å². The molecule has 8 nitrogen and oxygen atoms in total. The van der Waals surface area contributed by atoms with Crippen molar-refractivity contribution < 1.29 is 14.6 Å². The molecule has 1 aliphatic heterocycles. The summed E-state index contributed by atoms with van der Waals surface area (Å²) in [5.74, 6) is 0. The Balaban J connectivity index is 2.25. The highest BCUT2D eigenvalue weighted by Crippen LogP contribution is 2.32. The smallest absolute Gasteiger partial charge is 0.330 e. The number of hydrogen-bond acceptors (Lipinski definition) is 6. The molecule has 0 saturated carbocycles. The summed E-state index contributed by atoms with van der Waals surface area (Å²) in [6.45, 7) is 2.72. The minimum Gasteiger partial charge on any atom is -0.388 e. The predicted octanol–water partition coefficient (Wildman–Crippen LogP) is -1.06. The second-order valence-electron chi connectivity index (χ2n) is 4.96. The lowest BCUT2D eigenvalue weighted by Crippen LogP contribution is -2.39. The molecule has 0 aliphatic carbocycles. The molecule has 1 aliphatic rings. The summed E-state index contributed by atoms with van der Waals surface area (Å²) in [7, 11) is 0. The van der Waals surface area contributed by atoms with Gasteiger partial charge in [-0.1, -0.05) is 6.92 Å². The van der Waals surface area contributed by atoms with Gasteiger partial charge in [-0.05, 0) is 19.4 Å². The van der Waals surface area contributed by atoms with Crippen LogP contribution in [0.4, 0.5) is 0 Å². The fraction of sp³-hybridized carbons (Fsp3) is 0.692. The van der Waals surface area contributed by atoms with Gasteiger partial charge in [-0.3, -0.25) is 14.3 Å². The lowest BCUT2D eigenvalue weighted by Gasteiger charge is -2.22. The Morgan fingerprint density at radius 1 is 1.52 bits per heavy atom. The number of nitrogens with two attached hydrogens (primary N) is 1. The lowest BCUT2D eigenvalue weighted by atomic mass is 10.1. The quantitative estimate of drug-likeness (QED) is 0.576. The van der Waals surface area contributed by atoms with Crippen molar-refractivity contribution in [3.8, 4) is 0 Å². The van der Waals surface area contributed by atoms with Crippen molar-refractivity contribution in [3.05, 3.63) is 33.1 Å². The maximum absolute atomic E-state index is 11.9. The first-order valence-electron chi connectivity index (χ1n) is 7.05. The van der Waals surface area contributed by atoms with Crippen LogP contribution in [0.2, 0.25) is 0 Å². The Labute approximate surface area is 121 Å². The van der Waals surface area contributed by atoms with Crippen LogP contribution in [0, 0.1) is 0 Å². The van der Waals surface area contributed by atoms with Crippen molar-refractivity contribution >= 4 is 0 Å². The highest BCUT2D eigenvalue weighted by Gasteiger charge is 2.44. The summed E-state index contributed by atoms with van der Waals surface area (Å²) >= 11 is 0. The van der Waals surface area contributed by atoms with Gasteiger partial charge in [0, 0.05) is 18.9 Å². The molecule has 0 aromatic carbocycles. The first kappa shape index (κ1) is 15.9. The first-order chi connectivity index (χ1) is 10.1. The third kappa shape index (κ3) is 3.41. The molecule has 2 heterocycles. The van der Waals surface area contributed by atoms with E-state index in [4.69, 9.17) is 15.2 Å². The third-order valence-electron chi connectivity index (χ3n) is 3.50. The number of aromatic amines is 1. The number of hydrogen-bond donors (Lipinski definition) is 3. The van der Waals surface area contributed by atoms with E-state index in [1.54, 1.807) is 0 Å². The van der Waals surface area contributed by atoms with E-state index in [1.807, 2.05) is 6.92 Å². The number of H-pyrrole nitrogens is 1. The Morgan fingerprint density at radius 2 is 2.29 bits per heavy atom. The molecule has 118 valence electrons. The van der Waals surface area contributed by atoms with E-state index in [2.05, 4.69) is 4.98 Å². The van der Waals surface area contributed by atoms with Crippen LogP contribution in [0.1, 0.15) is 26.0 Å². The summed E-state index contributed by atoms with van der Waals surface area (Å²) in [6.07, 6.45) is -0.124. The minimum absolute atomic E-state index is 0.368. The zero-order valence-electron chi connectivity index (χ0n) is 11.9. The van der Waals surface area contributed by atoms with Gasteiger partial charge in [-0.25, -0.2) is 4.79 Å². The maximum atomic E-state index is 11.9. The molecule has 8 heteroatoms. The Kier molecular flexibility index (Phi) is 5.29. The fourth-order valence-corrected chi connectivity index (χ4v) is 2.39. The van der Waals surface area contributed by atoms with Crippen molar-refractivity contribution in [2.24, 2.45) is 5.73 Å². The van der Waals surface area contributed by atoms with Crippen LogP contribution >= 0.6 is 0 Å².